The number of hydrogen-bond acceptors (Lipinski definition) is 4. The van der Waals surface area contributed by atoms with Gasteiger partial charge >= 0.3 is 0 Å². The highest BCUT2D eigenvalue weighted by Crippen LogP contribution is 2.32. The Morgan fingerprint density at radius 2 is 2.05 bits per heavy atom. The first-order valence-corrected chi connectivity index (χ1v) is 7.05. The monoisotopic (exact) mass is 277 g/mol. The minimum absolute atomic E-state index is 0.0371. The Balaban J connectivity index is 1.67. The van der Waals surface area contributed by atoms with Gasteiger partial charge in [-0.15, -0.1) is 0 Å². The number of rotatable bonds is 3. The highest BCUT2D eigenvalue weighted by Gasteiger charge is 2.25. The number of carbonyl (C=O) groups excluding carboxylic acids is 1. The zero-order valence-corrected chi connectivity index (χ0v) is 11.6. The Morgan fingerprint density at radius 1 is 1.25 bits per heavy atom. The fraction of sp³-hybridized carbons (Fsp3) is 0.533. The van der Waals surface area contributed by atoms with Gasteiger partial charge < -0.3 is 19.5 Å². The Bertz CT molecular complexity index is 497. The van der Waals surface area contributed by atoms with Crippen LogP contribution in [0.4, 0.5) is 0 Å². The van der Waals surface area contributed by atoms with E-state index in [9.17, 15) is 4.79 Å². The summed E-state index contributed by atoms with van der Waals surface area (Å²) in [5, 5.41) is 2.98. The predicted molar refractivity (Wildman–Crippen MR) is 73.0 cm³/mol. The molecule has 1 amide bonds. The van der Waals surface area contributed by atoms with E-state index in [0.29, 0.717) is 19.8 Å². The number of benzene rings is 1. The molecule has 2 aliphatic rings. The zero-order valence-electron chi connectivity index (χ0n) is 11.6. The molecule has 5 nitrogen and oxygen atoms in total. The van der Waals surface area contributed by atoms with Crippen LogP contribution in [0.15, 0.2) is 18.2 Å². The highest BCUT2D eigenvalue weighted by molar-refractivity contribution is 5.81. The first-order valence-electron chi connectivity index (χ1n) is 7.05. The molecule has 0 unspecified atom stereocenters. The van der Waals surface area contributed by atoms with E-state index in [2.05, 4.69) is 5.32 Å². The summed E-state index contributed by atoms with van der Waals surface area (Å²) in [6.45, 7) is 3.78. The van der Waals surface area contributed by atoms with E-state index < -0.39 is 0 Å². The first-order chi connectivity index (χ1) is 9.74. The van der Waals surface area contributed by atoms with Gasteiger partial charge in [0.1, 0.15) is 19.3 Å². The van der Waals surface area contributed by atoms with Gasteiger partial charge in [0.25, 0.3) is 0 Å². The van der Waals surface area contributed by atoms with Crippen LogP contribution in [0.1, 0.15) is 31.4 Å². The molecule has 1 saturated heterocycles. The third kappa shape index (κ3) is 2.72. The molecule has 1 fully saturated rings. The smallest absolute Gasteiger partial charge is 0.249 e. The van der Waals surface area contributed by atoms with E-state index >= 15 is 0 Å². The Hall–Kier alpha value is -1.75. The van der Waals surface area contributed by atoms with Gasteiger partial charge in [-0.25, -0.2) is 0 Å². The van der Waals surface area contributed by atoms with Gasteiger partial charge in [0.15, 0.2) is 11.5 Å². The summed E-state index contributed by atoms with van der Waals surface area (Å²) in [6, 6.07) is 5.68. The summed E-state index contributed by atoms with van der Waals surface area (Å²) < 4.78 is 16.4. The van der Waals surface area contributed by atoms with Crippen molar-refractivity contribution in [2.45, 2.75) is 31.9 Å². The van der Waals surface area contributed by atoms with Gasteiger partial charge in [0, 0.05) is 6.61 Å². The van der Waals surface area contributed by atoms with Crippen molar-refractivity contribution in [2.75, 3.05) is 19.8 Å². The lowest BCUT2D eigenvalue weighted by Gasteiger charge is -2.21. The summed E-state index contributed by atoms with van der Waals surface area (Å²) >= 11 is 0. The minimum Gasteiger partial charge on any atom is -0.486 e. The van der Waals surface area contributed by atoms with Gasteiger partial charge in [-0.2, -0.15) is 0 Å². The largest absolute Gasteiger partial charge is 0.486 e. The molecule has 0 aliphatic carbocycles. The van der Waals surface area contributed by atoms with Crippen molar-refractivity contribution in [3.05, 3.63) is 23.8 Å². The van der Waals surface area contributed by atoms with Crippen molar-refractivity contribution in [2.24, 2.45) is 0 Å². The summed E-state index contributed by atoms with van der Waals surface area (Å²) in [5.41, 5.74) is 1.00. The molecule has 0 aromatic heterocycles. The van der Waals surface area contributed by atoms with Gasteiger partial charge in [0.2, 0.25) is 5.91 Å². The van der Waals surface area contributed by atoms with Crippen molar-refractivity contribution in [1.29, 1.82) is 0 Å². The molecule has 0 spiro atoms. The maximum Gasteiger partial charge on any atom is 0.249 e. The third-order valence-electron chi connectivity index (χ3n) is 3.65. The lowest BCUT2D eigenvalue weighted by Crippen LogP contribution is -2.35. The zero-order chi connectivity index (χ0) is 13.9. The second kappa shape index (κ2) is 5.71. The molecule has 1 aromatic carbocycles. The van der Waals surface area contributed by atoms with Crippen molar-refractivity contribution in [3.8, 4) is 11.5 Å². The van der Waals surface area contributed by atoms with Crippen LogP contribution in [0.3, 0.4) is 0 Å². The molecule has 1 N–H and O–H groups in total. The van der Waals surface area contributed by atoms with Crippen LogP contribution < -0.4 is 14.8 Å². The lowest BCUT2D eigenvalue weighted by molar-refractivity contribution is -0.130. The summed E-state index contributed by atoms with van der Waals surface area (Å²) in [5.74, 6) is 1.47. The maximum atomic E-state index is 12.0. The first kappa shape index (κ1) is 13.2. The fourth-order valence-electron chi connectivity index (χ4n) is 2.50. The maximum absolute atomic E-state index is 12.0. The lowest BCUT2D eigenvalue weighted by atomic mass is 10.1. The second-order valence-corrected chi connectivity index (χ2v) is 5.14. The average Bonchev–Trinajstić information content (AvgIpc) is 3.01. The van der Waals surface area contributed by atoms with Crippen molar-refractivity contribution >= 4 is 5.91 Å². The van der Waals surface area contributed by atoms with Crippen molar-refractivity contribution < 1.29 is 19.0 Å². The molecule has 2 atom stereocenters. The predicted octanol–water partition coefficient (Wildman–Crippen LogP) is 1.81. The number of ether oxygens (including phenoxy) is 3. The van der Waals surface area contributed by atoms with Crippen LogP contribution in [0, 0.1) is 0 Å². The van der Waals surface area contributed by atoms with E-state index in [4.69, 9.17) is 14.2 Å². The van der Waals surface area contributed by atoms with E-state index in [1.54, 1.807) is 0 Å². The van der Waals surface area contributed by atoms with Crippen LogP contribution in [0.2, 0.25) is 0 Å². The molecular weight excluding hydrogens is 258 g/mol. The Labute approximate surface area is 118 Å². The third-order valence-corrected chi connectivity index (χ3v) is 3.65. The molecule has 1 aromatic rings. The summed E-state index contributed by atoms with van der Waals surface area (Å²) in [6.07, 6.45) is 1.46. The number of fused-ring (bicyclic) bond motifs is 1. The van der Waals surface area contributed by atoms with Gasteiger partial charge in [-0.3, -0.25) is 4.79 Å². The van der Waals surface area contributed by atoms with E-state index in [0.717, 1.165) is 29.9 Å². The van der Waals surface area contributed by atoms with E-state index in [1.807, 2.05) is 25.1 Å². The standard InChI is InChI=1S/C15H19NO4/c1-10(16-15(17)13-3-2-6-18-13)11-4-5-12-14(9-11)20-8-7-19-12/h4-5,9-10,13H,2-3,6-8H2,1H3,(H,16,17)/t10-,13-/m0/s1. The number of nitrogens with one attached hydrogen (secondary N) is 1. The van der Waals surface area contributed by atoms with E-state index in [-0.39, 0.29) is 18.1 Å². The van der Waals surface area contributed by atoms with Crippen molar-refractivity contribution in [3.63, 3.8) is 0 Å². The van der Waals surface area contributed by atoms with Crippen LogP contribution in [0.25, 0.3) is 0 Å². The number of carbonyl (C=O) groups is 1. The SMILES string of the molecule is C[C@H](NC(=O)[C@@H]1CCCO1)c1ccc2c(c1)OCCO2. The molecule has 0 bridgehead atoms. The Morgan fingerprint density at radius 3 is 2.80 bits per heavy atom. The molecule has 3 rings (SSSR count). The molecule has 2 aliphatic heterocycles. The molecule has 108 valence electrons. The van der Waals surface area contributed by atoms with Crippen LogP contribution in [-0.2, 0) is 9.53 Å². The summed E-state index contributed by atoms with van der Waals surface area (Å²) in [7, 11) is 0. The van der Waals surface area contributed by atoms with Gasteiger partial charge in [0.05, 0.1) is 6.04 Å². The quantitative estimate of drug-likeness (QED) is 0.915. The molecule has 0 radical (unpaired) electrons. The topological polar surface area (TPSA) is 56.8 Å². The molecular formula is C15H19NO4. The van der Waals surface area contributed by atoms with E-state index in [1.165, 1.54) is 0 Å². The normalized spacial score (nSPS) is 22.4. The molecule has 5 heteroatoms. The average molecular weight is 277 g/mol. The van der Waals surface area contributed by atoms with Crippen molar-refractivity contribution in [1.82, 2.24) is 5.32 Å². The number of hydrogen-bond donors (Lipinski definition) is 1. The molecule has 2 heterocycles. The fourth-order valence-corrected chi connectivity index (χ4v) is 2.50. The second-order valence-electron chi connectivity index (χ2n) is 5.14. The molecule has 20 heavy (non-hydrogen) atoms. The summed E-state index contributed by atoms with van der Waals surface area (Å²) in [4.78, 5) is 12.0. The van der Waals surface area contributed by atoms with Crippen LogP contribution in [-0.4, -0.2) is 31.8 Å². The van der Waals surface area contributed by atoms with Crippen LogP contribution >= 0.6 is 0 Å². The highest BCUT2D eigenvalue weighted by atomic mass is 16.6. The molecule has 0 saturated carbocycles. The van der Waals surface area contributed by atoms with Gasteiger partial charge in [-0.05, 0) is 37.5 Å². The number of amides is 1. The van der Waals surface area contributed by atoms with Crippen LogP contribution in [0.5, 0.6) is 11.5 Å². The minimum atomic E-state index is -0.297. The Kier molecular flexibility index (Phi) is 3.78. The van der Waals surface area contributed by atoms with Gasteiger partial charge in [-0.1, -0.05) is 6.07 Å².